The molecule has 0 atom stereocenters. The smallest absolute Gasteiger partial charge is 0.295 e. The van der Waals surface area contributed by atoms with Crippen molar-refractivity contribution in [3.8, 4) is 0 Å². The fourth-order valence-electron chi connectivity index (χ4n) is 1.55. The van der Waals surface area contributed by atoms with E-state index in [1.807, 2.05) is 27.7 Å². The second-order valence-electron chi connectivity index (χ2n) is 5.97. The molecule has 0 unspecified atom stereocenters. The van der Waals surface area contributed by atoms with Gasteiger partial charge in [0.2, 0.25) is 0 Å². The SMILES string of the molecule is CC(C)C(C)(C)CNC(=O)c1cc(F)cc([N+](=O)[O-])c1N. The lowest BCUT2D eigenvalue weighted by atomic mass is 9.81. The second kappa shape index (κ2) is 6.07. The van der Waals surface area contributed by atoms with Crippen LogP contribution in [0.25, 0.3) is 0 Å². The van der Waals surface area contributed by atoms with Gasteiger partial charge < -0.3 is 11.1 Å². The van der Waals surface area contributed by atoms with E-state index in [4.69, 9.17) is 5.73 Å². The molecular formula is C14H20FN3O3. The van der Waals surface area contributed by atoms with E-state index >= 15 is 0 Å². The molecule has 1 rings (SSSR count). The molecule has 0 saturated heterocycles. The van der Waals surface area contributed by atoms with Crippen LogP contribution in [0.4, 0.5) is 15.8 Å². The van der Waals surface area contributed by atoms with Crippen LogP contribution in [0.1, 0.15) is 38.1 Å². The highest BCUT2D eigenvalue weighted by Gasteiger charge is 2.25. The molecule has 6 nitrogen and oxygen atoms in total. The fourth-order valence-corrected chi connectivity index (χ4v) is 1.55. The zero-order chi connectivity index (χ0) is 16.4. The van der Waals surface area contributed by atoms with Crippen LogP contribution in [0, 0.1) is 27.3 Å². The minimum Gasteiger partial charge on any atom is -0.393 e. The van der Waals surface area contributed by atoms with Crippen molar-refractivity contribution in [2.24, 2.45) is 11.3 Å². The van der Waals surface area contributed by atoms with E-state index in [0.29, 0.717) is 18.5 Å². The molecule has 116 valence electrons. The highest BCUT2D eigenvalue weighted by molar-refractivity contribution is 6.01. The molecule has 7 heteroatoms. The summed E-state index contributed by atoms with van der Waals surface area (Å²) in [6, 6.07) is 1.60. The van der Waals surface area contributed by atoms with Gasteiger partial charge in [-0.15, -0.1) is 0 Å². The number of nitro benzene ring substituents is 1. The molecule has 0 aliphatic rings. The number of benzene rings is 1. The number of anilines is 1. The Bertz CT molecular complexity index is 571. The Morgan fingerprint density at radius 2 is 2.05 bits per heavy atom. The van der Waals surface area contributed by atoms with E-state index in [9.17, 15) is 19.3 Å². The predicted octanol–water partition coefficient (Wildman–Crippen LogP) is 2.73. The van der Waals surface area contributed by atoms with Crippen molar-refractivity contribution in [2.45, 2.75) is 27.7 Å². The van der Waals surface area contributed by atoms with Crippen molar-refractivity contribution >= 4 is 17.3 Å². The van der Waals surface area contributed by atoms with Crippen LogP contribution in [0.5, 0.6) is 0 Å². The molecule has 0 saturated carbocycles. The molecule has 1 aromatic rings. The molecular weight excluding hydrogens is 277 g/mol. The first-order valence-corrected chi connectivity index (χ1v) is 6.58. The molecule has 21 heavy (non-hydrogen) atoms. The third-order valence-electron chi connectivity index (χ3n) is 3.83. The minimum absolute atomic E-state index is 0.163. The van der Waals surface area contributed by atoms with Crippen LogP contribution in [-0.4, -0.2) is 17.4 Å². The van der Waals surface area contributed by atoms with Gasteiger partial charge in [-0.1, -0.05) is 27.7 Å². The number of amides is 1. The first-order valence-electron chi connectivity index (χ1n) is 6.58. The number of carbonyl (C=O) groups excluding carboxylic acids is 1. The molecule has 0 aliphatic carbocycles. The summed E-state index contributed by atoms with van der Waals surface area (Å²) in [5, 5.41) is 13.4. The van der Waals surface area contributed by atoms with Crippen molar-refractivity contribution in [2.75, 3.05) is 12.3 Å². The maximum Gasteiger partial charge on any atom is 0.295 e. The van der Waals surface area contributed by atoms with Gasteiger partial charge in [-0.3, -0.25) is 14.9 Å². The lowest BCUT2D eigenvalue weighted by Crippen LogP contribution is -2.37. The number of rotatable bonds is 5. The molecule has 0 aliphatic heterocycles. The van der Waals surface area contributed by atoms with E-state index in [-0.39, 0.29) is 16.7 Å². The number of nitrogens with two attached hydrogens (primary N) is 1. The molecule has 0 heterocycles. The van der Waals surface area contributed by atoms with Crippen molar-refractivity contribution in [1.29, 1.82) is 0 Å². The first kappa shape index (κ1) is 16.9. The summed E-state index contributed by atoms with van der Waals surface area (Å²) >= 11 is 0. The Morgan fingerprint density at radius 1 is 1.48 bits per heavy atom. The molecule has 0 radical (unpaired) electrons. The van der Waals surface area contributed by atoms with Gasteiger partial charge in [0, 0.05) is 6.54 Å². The molecule has 0 aromatic heterocycles. The quantitative estimate of drug-likeness (QED) is 0.496. The number of nitrogens with one attached hydrogen (secondary N) is 1. The number of hydrogen-bond acceptors (Lipinski definition) is 4. The number of halogens is 1. The Morgan fingerprint density at radius 3 is 2.52 bits per heavy atom. The standard InChI is InChI=1S/C14H20FN3O3/c1-8(2)14(3,4)7-17-13(19)10-5-9(15)6-11(12(10)16)18(20)21/h5-6,8H,7,16H2,1-4H3,(H,17,19). The highest BCUT2D eigenvalue weighted by Crippen LogP contribution is 2.28. The Balaban J connectivity index is 3.01. The van der Waals surface area contributed by atoms with E-state index < -0.39 is 22.3 Å². The van der Waals surface area contributed by atoms with E-state index in [1.54, 1.807) is 0 Å². The van der Waals surface area contributed by atoms with Gasteiger partial charge in [-0.05, 0) is 17.4 Å². The summed E-state index contributed by atoms with van der Waals surface area (Å²) in [6.45, 7) is 8.36. The second-order valence-corrected chi connectivity index (χ2v) is 5.97. The Hall–Kier alpha value is -2.18. The van der Waals surface area contributed by atoms with Gasteiger partial charge in [0.05, 0.1) is 16.6 Å². The van der Waals surface area contributed by atoms with Gasteiger partial charge >= 0.3 is 0 Å². The number of hydrogen-bond donors (Lipinski definition) is 2. The Labute approximate surface area is 122 Å². The monoisotopic (exact) mass is 297 g/mol. The van der Waals surface area contributed by atoms with E-state index in [0.717, 1.165) is 6.07 Å². The summed E-state index contributed by atoms with van der Waals surface area (Å²) in [6.07, 6.45) is 0. The van der Waals surface area contributed by atoms with Gasteiger partial charge in [-0.25, -0.2) is 4.39 Å². The van der Waals surface area contributed by atoms with Crippen molar-refractivity contribution in [3.05, 3.63) is 33.6 Å². The van der Waals surface area contributed by atoms with Crippen LogP contribution in [0.15, 0.2) is 12.1 Å². The number of nitro groups is 1. The summed E-state index contributed by atoms with van der Waals surface area (Å²) in [4.78, 5) is 22.1. The fraction of sp³-hybridized carbons (Fsp3) is 0.500. The van der Waals surface area contributed by atoms with E-state index in [1.165, 1.54) is 0 Å². The topological polar surface area (TPSA) is 98.3 Å². The van der Waals surface area contributed by atoms with Gasteiger partial charge in [0.15, 0.2) is 0 Å². The first-order chi connectivity index (χ1) is 9.56. The lowest BCUT2D eigenvalue weighted by molar-refractivity contribution is -0.384. The van der Waals surface area contributed by atoms with Gasteiger partial charge in [0.25, 0.3) is 11.6 Å². The van der Waals surface area contributed by atoms with Crippen molar-refractivity contribution < 1.29 is 14.1 Å². The summed E-state index contributed by atoms with van der Waals surface area (Å²) in [5.41, 5.74) is 4.26. The predicted molar refractivity (Wildman–Crippen MR) is 78.4 cm³/mol. The summed E-state index contributed by atoms with van der Waals surface area (Å²) in [5.74, 6) is -1.18. The van der Waals surface area contributed by atoms with Gasteiger partial charge in [0.1, 0.15) is 11.5 Å². The molecule has 0 bridgehead atoms. The Kier molecular flexibility index (Phi) is 4.88. The zero-order valence-corrected chi connectivity index (χ0v) is 12.6. The number of nitrogens with zero attached hydrogens (tertiary/aromatic N) is 1. The average molecular weight is 297 g/mol. The van der Waals surface area contributed by atoms with Crippen LogP contribution in [0.3, 0.4) is 0 Å². The van der Waals surface area contributed by atoms with Gasteiger partial charge in [-0.2, -0.15) is 0 Å². The zero-order valence-electron chi connectivity index (χ0n) is 12.6. The molecule has 1 amide bonds. The van der Waals surface area contributed by atoms with Crippen LogP contribution < -0.4 is 11.1 Å². The molecule has 3 N–H and O–H groups in total. The summed E-state index contributed by atoms with van der Waals surface area (Å²) in [7, 11) is 0. The largest absolute Gasteiger partial charge is 0.393 e. The molecule has 0 fully saturated rings. The number of carbonyl (C=O) groups is 1. The maximum absolute atomic E-state index is 13.4. The molecule has 1 aromatic carbocycles. The van der Waals surface area contributed by atoms with Crippen molar-refractivity contribution in [1.82, 2.24) is 5.32 Å². The molecule has 0 spiro atoms. The van der Waals surface area contributed by atoms with Crippen LogP contribution >= 0.6 is 0 Å². The summed E-state index contributed by atoms with van der Waals surface area (Å²) < 4.78 is 13.4. The maximum atomic E-state index is 13.4. The minimum atomic E-state index is -0.871. The van der Waals surface area contributed by atoms with E-state index in [2.05, 4.69) is 5.32 Å². The average Bonchev–Trinajstić information content (AvgIpc) is 2.37. The third kappa shape index (κ3) is 3.90. The van der Waals surface area contributed by atoms with Crippen LogP contribution in [0.2, 0.25) is 0 Å². The van der Waals surface area contributed by atoms with Crippen LogP contribution in [-0.2, 0) is 0 Å². The lowest BCUT2D eigenvalue weighted by Gasteiger charge is -2.29. The van der Waals surface area contributed by atoms with Crippen molar-refractivity contribution in [3.63, 3.8) is 0 Å². The normalized spacial score (nSPS) is 11.5. The third-order valence-corrected chi connectivity index (χ3v) is 3.83. The highest BCUT2D eigenvalue weighted by atomic mass is 19.1. The number of nitrogen functional groups attached to an aromatic ring is 1.